The van der Waals surface area contributed by atoms with E-state index < -0.39 is 10.0 Å². The summed E-state index contributed by atoms with van der Waals surface area (Å²) in [5, 5.41) is 0. The number of esters is 1. The van der Waals surface area contributed by atoms with E-state index in [1.54, 1.807) is 0 Å². The molecule has 0 amide bonds. The van der Waals surface area contributed by atoms with Crippen molar-refractivity contribution in [2.75, 3.05) is 12.9 Å². The maximum absolute atomic E-state index is 11.5. The van der Waals surface area contributed by atoms with Crippen molar-refractivity contribution in [3.8, 4) is 0 Å². The van der Waals surface area contributed by atoms with E-state index in [1.807, 2.05) is 13.8 Å². The minimum Gasteiger partial charge on any atom is -0.469 e. The van der Waals surface area contributed by atoms with Crippen LogP contribution in [-0.4, -0.2) is 33.3 Å². The van der Waals surface area contributed by atoms with Crippen molar-refractivity contribution in [2.45, 2.75) is 45.6 Å². The van der Waals surface area contributed by atoms with E-state index in [0.29, 0.717) is 6.42 Å². The first-order chi connectivity index (χ1) is 7.41. The van der Waals surface area contributed by atoms with Crippen molar-refractivity contribution in [1.82, 2.24) is 4.72 Å². The average molecular weight is 251 g/mol. The Hall–Kier alpha value is -0.620. The lowest BCUT2D eigenvalue weighted by Gasteiger charge is -2.12. The topological polar surface area (TPSA) is 72.5 Å². The molecule has 0 aliphatic carbocycles. The van der Waals surface area contributed by atoms with Crippen LogP contribution in [0.2, 0.25) is 0 Å². The van der Waals surface area contributed by atoms with Crippen molar-refractivity contribution in [3.63, 3.8) is 0 Å². The van der Waals surface area contributed by atoms with Crippen molar-refractivity contribution in [2.24, 2.45) is 0 Å². The molecule has 16 heavy (non-hydrogen) atoms. The van der Waals surface area contributed by atoms with Crippen LogP contribution in [0, 0.1) is 0 Å². The van der Waals surface area contributed by atoms with Gasteiger partial charge in [-0.3, -0.25) is 4.79 Å². The maximum Gasteiger partial charge on any atom is 0.305 e. The molecular weight excluding hydrogens is 230 g/mol. The zero-order chi connectivity index (χ0) is 12.6. The van der Waals surface area contributed by atoms with Gasteiger partial charge in [-0.2, -0.15) is 0 Å². The number of hydrogen-bond acceptors (Lipinski definition) is 4. The molecule has 0 radical (unpaired) electrons. The molecule has 0 aromatic heterocycles. The Morgan fingerprint density at radius 3 is 2.56 bits per heavy atom. The quantitative estimate of drug-likeness (QED) is 0.654. The van der Waals surface area contributed by atoms with E-state index in [2.05, 4.69) is 9.46 Å². The van der Waals surface area contributed by atoms with Gasteiger partial charge in [-0.25, -0.2) is 13.1 Å². The number of methoxy groups -OCH3 is 1. The minimum atomic E-state index is -3.26. The Labute approximate surface area is 97.6 Å². The Morgan fingerprint density at radius 2 is 2.06 bits per heavy atom. The third kappa shape index (κ3) is 7.64. The predicted molar refractivity (Wildman–Crippen MR) is 62.5 cm³/mol. The third-order valence-corrected chi connectivity index (χ3v) is 3.71. The zero-order valence-corrected chi connectivity index (χ0v) is 11.0. The van der Waals surface area contributed by atoms with Gasteiger partial charge in [-0.1, -0.05) is 13.3 Å². The second-order valence-electron chi connectivity index (χ2n) is 3.81. The summed E-state index contributed by atoms with van der Waals surface area (Å²) in [6.07, 6.45) is 2.18. The molecule has 0 saturated carbocycles. The van der Waals surface area contributed by atoms with Gasteiger partial charge in [0.05, 0.1) is 12.9 Å². The molecule has 1 unspecified atom stereocenters. The Kier molecular flexibility index (Phi) is 7.33. The largest absolute Gasteiger partial charge is 0.469 e. The van der Waals surface area contributed by atoms with Gasteiger partial charge in [0.2, 0.25) is 10.0 Å². The summed E-state index contributed by atoms with van der Waals surface area (Å²) in [6, 6.07) is -0.0480. The first-order valence-corrected chi connectivity index (χ1v) is 7.13. The van der Waals surface area contributed by atoms with Crippen molar-refractivity contribution in [3.05, 3.63) is 0 Å². The van der Waals surface area contributed by atoms with Gasteiger partial charge < -0.3 is 4.74 Å². The summed E-state index contributed by atoms with van der Waals surface area (Å²) in [5.41, 5.74) is 0. The normalized spacial score (nSPS) is 13.4. The maximum atomic E-state index is 11.5. The van der Waals surface area contributed by atoms with Crippen molar-refractivity contribution >= 4 is 16.0 Å². The van der Waals surface area contributed by atoms with Crippen molar-refractivity contribution in [1.29, 1.82) is 0 Å². The van der Waals surface area contributed by atoms with Crippen LogP contribution in [0.5, 0.6) is 0 Å². The number of carbonyl (C=O) groups is 1. The minimum absolute atomic E-state index is 0.0316. The van der Waals surface area contributed by atoms with Crippen LogP contribution in [0.25, 0.3) is 0 Å². The number of hydrogen-bond donors (Lipinski definition) is 1. The molecule has 0 fully saturated rings. The Balaban J connectivity index is 3.92. The highest BCUT2D eigenvalue weighted by atomic mass is 32.2. The van der Waals surface area contributed by atoms with Gasteiger partial charge in [0, 0.05) is 12.5 Å². The standard InChI is InChI=1S/C10H21NO4S/c1-4-6-9(2)11-16(13,14)8-5-7-10(12)15-3/h9,11H,4-8H2,1-3H3. The van der Waals surface area contributed by atoms with Crippen LogP contribution in [0.15, 0.2) is 0 Å². The van der Waals surface area contributed by atoms with Crippen LogP contribution in [0.4, 0.5) is 0 Å². The number of sulfonamides is 1. The second-order valence-corrected chi connectivity index (χ2v) is 5.68. The van der Waals surface area contributed by atoms with E-state index in [4.69, 9.17) is 0 Å². The molecule has 0 heterocycles. The lowest BCUT2D eigenvalue weighted by molar-refractivity contribution is -0.140. The first kappa shape index (κ1) is 15.4. The van der Waals surface area contributed by atoms with Crippen molar-refractivity contribution < 1.29 is 17.9 Å². The lowest BCUT2D eigenvalue weighted by Crippen LogP contribution is -2.34. The molecule has 5 nitrogen and oxygen atoms in total. The molecule has 0 saturated heterocycles. The number of rotatable bonds is 8. The van der Waals surface area contributed by atoms with E-state index >= 15 is 0 Å². The Morgan fingerprint density at radius 1 is 1.44 bits per heavy atom. The molecule has 1 atom stereocenters. The molecule has 0 aromatic carbocycles. The van der Waals surface area contributed by atoms with Crippen LogP contribution >= 0.6 is 0 Å². The molecule has 1 N–H and O–H groups in total. The van der Waals surface area contributed by atoms with Gasteiger partial charge in [0.15, 0.2) is 0 Å². The summed E-state index contributed by atoms with van der Waals surface area (Å²) in [5.74, 6) is -0.410. The predicted octanol–water partition coefficient (Wildman–Crippen LogP) is 1.05. The Bertz CT molecular complexity index is 300. The van der Waals surface area contributed by atoms with E-state index in [1.165, 1.54) is 7.11 Å². The molecule has 0 aliphatic heterocycles. The average Bonchev–Trinajstić information content (AvgIpc) is 2.16. The molecule has 6 heteroatoms. The van der Waals surface area contributed by atoms with Gasteiger partial charge >= 0.3 is 5.97 Å². The highest BCUT2D eigenvalue weighted by Gasteiger charge is 2.14. The van der Waals surface area contributed by atoms with E-state index in [0.717, 1.165) is 12.8 Å². The van der Waals surface area contributed by atoms with Gasteiger partial charge in [0.25, 0.3) is 0 Å². The monoisotopic (exact) mass is 251 g/mol. The summed E-state index contributed by atoms with van der Waals surface area (Å²) in [7, 11) is -1.97. The third-order valence-electron chi connectivity index (χ3n) is 2.12. The summed E-state index contributed by atoms with van der Waals surface area (Å²) in [6.45, 7) is 3.84. The fourth-order valence-corrected chi connectivity index (χ4v) is 2.74. The summed E-state index contributed by atoms with van der Waals surface area (Å²) >= 11 is 0. The summed E-state index contributed by atoms with van der Waals surface area (Å²) in [4.78, 5) is 10.8. The van der Waals surface area contributed by atoms with E-state index in [9.17, 15) is 13.2 Å². The van der Waals surface area contributed by atoms with Gasteiger partial charge in [-0.15, -0.1) is 0 Å². The second kappa shape index (κ2) is 7.62. The van der Waals surface area contributed by atoms with Crippen LogP contribution in [-0.2, 0) is 19.6 Å². The van der Waals surface area contributed by atoms with Gasteiger partial charge in [-0.05, 0) is 19.8 Å². The lowest BCUT2D eigenvalue weighted by atomic mass is 10.2. The number of nitrogens with one attached hydrogen (secondary N) is 1. The molecule has 0 spiro atoms. The van der Waals surface area contributed by atoms with Crippen LogP contribution in [0.3, 0.4) is 0 Å². The molecule has 0 aliphatic rings. The highest BCUT2D eigenvalue weighted by molar-refractivity contribution is 7.89. The van der Waals surface area contributed by atoms with Crippen LogP contribution < -0.4 is 4.72 Å². The van der Waals surface area contributed by atoms with E-state index in [-0.39, 0.29) is 24.2 Å². The van der Waals surface area contributed by atoms with Crippen LogP contribution in [0.1, 0.15) is 39.5 Å². The van der Waals surface area contributed by atoms with Gasteiger partial charge in [0.1, 0.15) is 0 Å². The summed E-state index contributed by atoms with van der Waals surface area (Å²) < 4.78 is 30.0. The number of carbonyl (C=O) groups excluding carboxylic acids is 1. The molecule has 0 bridgehead atoms. The fourth-order valence-electron chi connectivity index (χ4n) is 1.37. The zero-order valence-electron chi connectivity index (χ0n) is 10.2. The number of ether oxygens (including phenoxy) is 1. The first-order valence-electron chi connectivity index (χ1n) is 5.48. The fraction of sp³-hybridized carbons (Fsp3) is 0.900. The molecule has 0 rings (SSSR count). The molecule has 96 valence electrons. The smallest absolute Gasteiger partial charge is 0.305 e. The molecule has 0 aromatic rings. The molecular formula is C10H21NO4S. The highest BCUT2D eigenvalue weighted by Crippen LogP contribution is 2.01. The SMILES string of the molecule is CCCC(C)NS(=O)(=O)CCCC(=O)OC.